The van der Waals surface area contributed by atoms with Crippen LogP contribution in [0.4, 0.5) is 4.79 Å². The Bertz CT molecular complexity index is 2260. The van der Waals surface area contributed by atoms with Gasteiger partial charge in [-0.1, -0.05) is 60.7 Å². The summed E-state index contributed by atoms with van der Waals surface area (Å²) < 4.78 is 11.6. The number of nitrogens with zero attached hydrogens (tertiary/aromatic N) is 1. The zero-order valence-corrected chi connectivity index (χ0v) is 32.2. The van der Waals surface area contributed by atoms with Crippen molar-refractivity contribution >= 4 is 28.9 Å². The Labute approximate surface area is 336 Å². The smallest absolute Gasteiger partial charge is 0.408 e. The van der Waals surface area contributed by atoms with E-state index in [1.807, 2.05) is 36.4 Å². The van der Waals surface area contributed by atoms with Crippen molar-refractivity contribution in [1.29, 1.82) is 0 Å². The van der Waals surface area contributed by atoms with Gasteiger partial charge in [0.25, 0.3) is 5.91 Å². The summed E-state index contributed by atoms with van der Waals surface area (Å²) in [5.41, 5.74) is 3.68. The van der Waals surface area contributed by atoms with E-state index < -0.39 is 24.2 Å². The number of unbranched alkanes of at least 4 members (excludes halogenated alkanes) is 1. The summed E-state index contributed by atoms with van der Waals surface area (Å²) in [6, 6.07) is 29.0. The molecule has 4 aromatic carbocycles. The third kappa shape index (κ3) is 10.1. The second-order valence-electron chi connectivity index (χ2n) is 14.9. The van der Waals surface area contributed by atoms with Gasteiger partial charge >= 0.3 is 12.1 Å². The molecule has 1 aromatic heterocycles. The predicted octanol–water partition coefficient (Wildman–Crippen LogP) is 5.33. The average Bonchev–Trinajstić information content (AvgIpc) is 3.25. The van der Waals surface area contributed by atoms with E-state index in [-0.39, 0.29) is 36.5 Å². The first-order chi connectivity index (χ1) is 28.2. The Balaban J connectivity index is 0.842. The lowest BCUT2D eigenvalue weighted by molar-refractivity contribution is -0.0336. The van der Waals surface area contributed by atoms with Crippen LogP contribution in [0.1, 0.15) is 80.8 Å². The number of pyridine rings is 1. The van der Waals surface area contributed by atoms with Crippen molar-refractivity contribution in [3.05, 3.63) is 147 Å². The van der Waals surface area contributed by atoms with Gasteiger partial charge in [0.2, 0.25) is 5.56 Å². The first-order valence-electron chi connectivity index (χ1n) is 19.8. The van der Waals surface area contributed by atoms with E-state index in [2.05, 4.69) is 25.8 Å². The number of nitrogens with one attached hydrogen (secondary N) is 4. The number of hydrogen-bond donors (Lipinski definition) is 6. The number of H-pyrrole nitrogens is 1. The molecule has 6 N–H and O–H groups in total. The molecule has 8 rings (SSSR count). The van der Waals surface area contributed by atoms with Crippen LogP contribution in [0.5, 0.6) is 5.75 Å². The number of piperidine rings is 3. The van der Waals surface area contributed by atoms with Crippen LogP contribution in [0, 0.1) is 5.92 Å². The fraction of sp³-hybridized carbons (Fsp3) is 0.333. The Morgan fingerprint density at radius 2 is 1.60 bits per heavy atom. The molecule has 13 nitrogen and oxygen atoms in total. The lowest BCUT2D eigenvalue weighted by atomic mass is 9.86. The number of alkyl carbamates (subject to hydrolysis) is 1. The molecule has 3 aliphatic rings. The van der Waals surface area contributed by atoms with Gasteiger partial charge in [-0.2, -0.15) is 0 Å². The molecule has 58 heavy (non-hydrogen) atoms. The van der Waals surface area contributed by atoms with Gasteiger partial charge in [-0.25, -0.2) is 9.59 Å². The van der Waals surface area contributed by atoms with E-state index >= 15 is 0 Å². The van der Waals surface area contributed by atoms with Crippen molar-refractivity contribution in [2.75, 3.05) is 39.3 Å². The first kappa shape index (κ1) is 40.2. The minimum atomic E-state index is -0.843. The van der Waals surface area contributed by atoms with Crippen LogP contribution in [-0.4, -0.2) is 83.4 Å². The van der Waals surface area contributed by atoms with Crippen LogP contribution in [0.15, 0.2) is 108 Å². The van der Waals surface area contributed by atoms with Crippen LogP contribution in [0.2, 0.25) is 0 Å². The second kappa shape index (κ2) is 18.9. The van der Waals surface area contributed by atoms with Gasteiger partial charge in [0.05, 0.1) is 23.2 Å². The lowest BCUT2D eigenvalue weighted by Crippen LogP contribution is -2.52. The number of aliphatic hydroxyl groups excluding tert-OH is 1. The number of phenolic OH excluding ortho intramolecular Hbond substituents is 1. The standard InChI is InChI=1S/C45H49N5O8/c51-37-17-15-35(36-16-18-40(53)48-42(36)37)38(52)26-46-21-4-5-22-47-43(54)32-13-11-29(12-14-32)28-57-44(55)34-10-6-9-33(25-34)41(31-7-2-1-3-8-31)49-45(56)58-39-27-50-23-19-30(39)20-24-50/h1-3,6-18,25,30,38-39,41,46,51-52H,4-5,19-24,26-28H2,(H,47,54)(H,48,53)(H,49,56). The third-order valence-corrected chi connectivity index (χ3v) is 11.0. The number of rotatable bonds is 16. The fourth-order valence-electron chi connectivity index (χ4n) is 7.75. The highest BCUT2D eigenvalue weighted by Gasteiger charge is 2.37. The molecule has 13 heteroatoms. The van der Waals surface area contributed by atoms with Gasteiger partial charge in [0.1, 0.15) is 18.5 Å². The van der Waals surface area contributed by atoms with Gasteiger partial charge in [-0.15, -0.1) is 0 Å². The summed E-state index contributed by atoms with van der Waals surface area (Å²) in [6.45, 7) is 4.25. The van der Waals surface area contributed by atoms with E-state index in [1.54, 1.807) is 54.6 Å². The quantitative estimate of drug-likeness (QED) is 0.0565. The van der Waals surface area contributed by atoms with Gasteiger partial charge < -0.3 is 40.6 Å². The second-order valence-corrected chi connectivity index (χ2v) is 14.9. The van der Waals surface area contributed by atoms with Gasteiger partial charge in [0, 0.05) is 36.7 Å². The molecule has 302 valence electrons. The number of aromatic nitrogens is 1. The summed E-state index contributed by atoms with van der Waals surface area (Å²) in [7, 11) is 0. The molecular weight excluding hydrogens is 739 g/mol. The van der Waals surface area contributed by atoms with Crippen molar-refractivity contribution < 1.29 is 34.1 Å². The zero-order valence-electron chi connectivity index (χ0n) is 32.2. The molecule has 2 bridgehead atoms. The van der Waals surface area contributed by atoms with E-state index in [0.717, 1.165) is 62.0 Å². The summed E-state index contributed by atoms with van der Waals surface area (Å²) in [6.07, 6.45) is 2.10. The minimum Gasteiger partial charge on any atom is -0.506 e. The predicted molar refractivity (Wildman–Crippen MR) is 218 cm³/mol. The summed E-state index contributed by atoms with van der Waals surface area (Å²) in [5.74, 6) is -0.400. The Morgan fingerprint density at radius 3 is 2.36 bits per heavy atom. The van der Waals surface area contributed by atoms with Crippen molar-refractivity contribution in [3.63, 3.8) is 0 Å². The van der Waals surface area contributed by atoms with E-state index in [4.69, 9.17) is 9.47 Å². The Hall–Kier alpha value is -6.02. The van der Waals surface area contributed by atoms with Crippen molar-refractivity contribution in [2.24, 2.45) is 5.92 Å². The van der Waals surface area contributed by atoms with Crippen LogP contribution in [-0.2, 0) is 16.1 Å². The molecule has 3 aliphatic heterocycles. The maximum absolute atomic E-state index is 13.2. The molecule has 2 amide bonds. The number of carbonyl (C=O) groups excluding carboxylic acids is 3. The lowest BCUT2D eigenvalue weighted by Gasteiger charge is -2.43. The fourth-order valence-corrected chi connectivity index (χ4v) is 7.75. The van der Waals surface area contributed by atoms with Gasteiger partial charge in [-0.3, -0.25) is 14.5 Å². The minimum absolute atomic E-state index is 0.0153. The number of amides is 2. The number of fused-ring (bicyclic) bond motifs is 4. The van der Waals surface area contributed by atoms with Crippen LogP contribution < -0.4 is 21.5 Å². The number of phenols is 1. The molecule has 0 saturated carbocycles. The topological polar surface area (TPSA) is 182 Å². The summed E-state index contributed by atoms with van der Waals surface area (Å²) in [4.78, 5) is 55.8. The van der Waals surface area contributed by atoms with E-state index in [1.165, 1.54) is 12.1 Å². The van der Waals surface area contributed by atoms with Crippen LogP contribution in [0.25, 0.3) is 10.9 Å². The van der Waals surface area contributed by atoms with Crippen molar-refractivity contribution in [2.45, 2.75) is 50.5 Å². The number of aromatic hydroxyl groups is 1. The largest absolute Gasteiger partial charge is 0.506 e. The molecule has 0 spiro atoms. The van der Waals surface area contributed by atoms with Gasteiger partial charge in [0.15, 0.2) is 0 Å². The monoisotopic (exact) mass is 787 g/mol. The Kier molecular flexibility index (Phi) is 13.1. The number of ether oxygens (including phenoxy) is 2. The maximum Gasteiger partial charge on any atom is 0.408 e. The third-order valence-electron chi connectivity index (χ3n) is 11.0. The molecular formula is C45H49N5O8. The molecule has 3 atom stereocenters. The highest BCUT2D eigenvalue weighted by Crippen LogP contribution is 2.31. The molecule has 5 aromatic rings. The maximum atomic E-state index is 13.2. The van der Waals surface area contributed by atoms with E-state index in [0.29, 0.717) is 46.6 Å². The molecule has 0 radical (unpaired) electrons. The SMILES string of the molecule is O=C(NC(c1ccccc1)c1cccc(C(=O)OCc2ccc(C(=O)NCCCCNCC(O)c3ccc(O)c4[nH]c(=O)ccc34)cc2)c1)OC1CN2CCC1CC2. The number of carbonyl (C=O) groups is 3. The number of hydrogen-bond acceptors (Lipinski definition) is 10. The molecule has 3 fully saturated rings. The summed E-state index contributed by atoms with van der Waals surface area (Å²) in [5, 5.41) is 30.6. The van der Waals surface area contributed by atoms with Crippen LogP contribution >= 0.6 is 0 Å². The number of aliphatic hydroxyl groups is 1. The average molecular weight is 788 g/mol. The van der Waals surface area contributed by atoms with Gasteiger partial charge in [-0.05, 0) is 110 Å². The molecule has 3 saturated heterocycles. The van der Waals surface area contributed by atoms with Crippen molar-refractivity contribution in [1.82, 2.24) is 25.8 Å². The number of aromatic amines is 1. The van der Waals surface area contributed by atoms with Crippen molar-refractivity contribution in [3.8, 4) is 5.75 Å². The summed E-state index contributed by atoms with van der Waals surface area (Å²) >= 11 is 0. The zero-order chi connectivity index (χ0) is 40.4. The van der Waals surface area contributed by atoms with Crippen LogP contribution in [0.3, 0.4) is 0 Å². The number of benzene rings is 4. The molecule has 3 unspecified atom stereocenters. The Morgan fingerprint density at radius 1 is 0.845 bits per heavy atom. The molecule has 0 aliphatic carbocycles. The normalized spacial score (nSPS) is 18.3. The first-order valence-corrected chi connectivity index (χ1v) is 19.8. The van der Waals surface area contributed by atoms with E-state index in [9.17, 15) is 29.4 Å². The molecule has 4 heterocycles. The highest BCUT2D eigenvalue weighted by molar-refractivity contribution is 5.94. The highest BCUT2D eigenvalue weighted by atomic mass is 16.6. The number of esters is 1.